The normalized spacial score (nSPS) is 24.6. The average Bonchev–Trinajstić information content (AvgIpc) is 3.34. The van der Waals surface area contributed by atoms with Crippen molar-refractivity contribution in [1.82, 2.24) is 9.04 Å². The number of piperidine rings is 1. The zero-order valence-electron chi connectivity index (χ0n) is 14.5. The molecule has 28 heavy (non-hydrogen) atoms. The standard InChI is InChI=1S/C15H18F2N2O7S2/c16-15(17,28(22,23)18-6-2-1-3-7-18)27-26-25-24-19-13(20)11-9-4-5-10(8-9)12(11)14(19)21/h4-5,9-10,20-21H,1-3,6-8H2. The maximum Gasteiger partial charge on any atom is 0.433 e. The van der Waals surface area contributed by atoms with E-state index in [1.54, 1.807) is 0 Å². The van der Waals surface area contributed by atoms with Gasteiger partial charge in [0.15, 0.2) is 0 Å². The Bertz CT molecular complexity index is 861. The van der Waals surface area contributed by atoms with Crippen molar-refractivity contribution in [2.75, 3.05) is 13.1 Å². The van der Waals surface area contributed by atoms with Crippen LogP contribution in [0.25, 0.3) is 0 Å². The molecule has 1 saturated heterocycles. The molecule has 156 valence electrons. The Morgan fingerprint density at radius 3 is 2.21 bits per heavy atom. The summed E-state index contributed by atoms with van der Waals surface area (Å²) < 4.78 is 53.3. The fourth-order valence-corrected chi connectivity index (χ4v) is 5.80. The van der Waals surface area contributed by atoms with Crippen molar-refractivity contribution < 1.29 is 41.8 Å². The first-order chi connectivity index (χ1) is 13.2. The van der Waals surface area contributed by atoms with Gasteiger partial charge in [-0.25, -0.2) is 13.4 Å². The Hall–Kier alpha value is -1.54. The highest BCUT2D eigenvalue weighted by atomic mass is 32.3. The van der Waals surface area contributed by atoms with Crippen LogP contribution in [0.1, 0.15) is 48.6 Å². The molecule has 4 rings (SSSR count). The van der Waals surface area contributed by atoms with E-state index in [9.17, 15) is 27.4 Å². The van der Waals surface area contributed by atoms with Gasteiger partial charge in [-0.15, -0.1) is 4.33 Å². The quantitative estimate of drug-likeness (QED) is 0.219. The van der Waals surface area contributed by atoms with Gasteiger partial charge in [-0.3, -0.25) is 0 Å². The lowest BCUT2D eigenvalue weighted by Gasteiger charge is -2.28. The molecule has 2 N–H and O–H groups in total. The third-order valence-electron chi connectivity index (χ3n) is 5.20. The van der Waals surface area contributed by atoms with E-state index < -0.39 is 38.4 Å². The second kappa shape index (κ2) is 7.06. The predicted octanol–water partition coefficient (Wildman–Crippen LogP) is 2.35. The molecular weight excluding hydrogens is 422 g/mol. The number of hydrogen-bond donors (Lipinski definition) is 2. The molecule has 13 heteroatoms. The number of sulfonamides is 1. The van der Waals surface area contributed by atoms with Crippen molar-refractivity contribution in [3.8, 4) is 11.8 Å². The summed E-state index contributed by atoms with van der Waals surface area (Å²) >= 11 is -0.745. The van der Waals surface area contributed by atoms with Crippen molar-refractivity contribution in [3.63, 3.8) is 0 Å². The van der Waals surface area contributed by atoms with Crippen LogP contribution in [0, 0.1) is 0 Å². The van der Waals surface area contributed by atoms with Gasteiger partial charge in [0.2, 0.25) is 11.8 Å². The van der Waals surface area contributed by atoms with E-state index >= 15 is 0 Å². The molecule has 0 aromatic carbocycles. The molecule has 0 radical (unpaired) electrons. The summed E-state index contributed by atoms with van der Waals surface area (Å²) in [4.78, 5) is 4.55. The summed E-state index contributed by atoms with van der Waals surface area (Å²) in [7, 11) is -4.94. The van der Waals surface area contributed by atoms with Crippen LogP contribution < -0.4 is 4.99 Å². The number of fused-ring (bicyclic) bond motifs is 5. The molecule has 2 atom stereocenters. The monoisotopic (exact) mass is 440 g/mol. The summed E-state index contributed by atoms with van der Waals surface area (Å²) in [5.74, 6) is -1.04. The number of allylic oxidation sites excluding steroid dienone is 2. The van der Waals surface area contributed by atoms with Gasteiger partial charge in [0.1, 0.15) is 12.0 Å². The lowest BCUT2D eigenvalue weighted by molar-refractivity contribution is -0.458. The first-order valence-electron chi connectivity index (χ1n) is 8.66. The van der Waals surface area contributed by atoms with Gasteiger partial charge in [0, 0.05) is 41.1 Å². The Kier molecular flexibility index (Phi) is 4.98. The van der Waals surface area contributed by atoms with Crippen LogP contribution in [0.4, 0.5) is 8.78 Å². The maximum absolute atomic E-state index is 14.1. The topological polar surface area (TPSA) is 110 Å². The number of hydrogen-bond acceptors (Lipinski definition) is 8. The van der Waals surface area contributed by atoms with Gasteiger partial charge in [-0.2, -0.15) is 13.1 Å². The number of nitrogens with zero attached hydrogens (tertiary/aromatic N) is 2. The number of aromatic nitrogens is 1. The van der Waals surface area contributed by atoms with Gasteiger partial charge in [-0.05, 0) is 19.3 Å². The van der Waals surface area contributed by atoms with Crippen molar-refractivity contribution in [1.29, 1.82) is 0 Å². The molecule has 2 heterocycles. The number of aromatic hydroxyl groups is 2. The van der Waals surface area contributed by atoms with Crippen molar-refractivity contribution in [3.05, 3.63) is 23.3 Å². The molecule has 9 nitrogen and oxygen atoms in total. The van der Waals surface area contributed by atoms with E-state index in [0.29, 0.717) is 33.0 Å². The van der Waals surface area contributed by atoms with Crippen LogP contribution in [-0.2, 0) is 19.4 Å². The molecule has 0 saturated carbocycles. The van der Waals surface area contributed by atoms with E-state index in [4.69, 9.17) is 0 Å². The van der Waals surface area contributed by atoms with E-state index in [1.807, 2.05) is 12.2 Å². The fraction of sp³-hybridized carbons (Fsp3) is 0.600. The molecule has 0 amide bonds. The van der Waals surface area contributed by atoms with Crippen LogP contribution in [-0.4, -0.2) is 45.3 Å². The van der Waals surface area contributed by atoms with Crippen molar-refractivity contribution in [2.24, 2.45) is 0 Å². The van der Waals surface area contributed by atoms with Gasteiger partial charge >= 0.3 is 4.59 Å². The highest BCUT2D eigenvalue weighted by Crippen LogP contribution is 2.56. The van der Waals surface area contributed by atoms with Crippen LogP contribution >= 0.6 is 12.0 Å². The molecule has 2 bridgehead atoms. The maximum atomic E-state index is 14.1. The highest BCUT2D eigenvalue weighted by molar-refractivity contribution is 8.10. The molecule has 1 fully saturated rings. The Balaban J connectivity index is 1.36. The van der Waals surface area contributed by atoms with Gasteiger partial charge in [0.05, 0.1) is 0 Å². The van der Waals surface area contributed by atoms with Gasteiger partial charge in [-0.1, -0.05) is 23.3 Å². The lowest BCUT2D eigenvalue weighted by Crippen LogP contribution is -2.44. The number of halogens is 2. The second-order valence-electron chi connectivity index (χ2n) is 6.82. The molecule has 2 unspecified atom stereocenters. The van der Waals surface area contributed by atoms with Crippen molar-refractivity contribution >= 4 is 22.1 Å². The average molecular weight is 440 g/mol. The Morgan fingerprint density at radius 1 is 1.07 bits per heavy atom. The minimum atomic E-state index is -4.94. The molecule has 1 aromatic heterocycles. The molecule has 1 aliphatic heterocycles. The third kappa shape index (κ3) is 3.05. The Labute approximate surface area is 163 Å². The number of alkyl halides is 2. The molecule has 3 aliphatic rings. The predicted molar refractivity (Wildman–Crippen MR) is 92.6 cm³/mol. The number of rotatable bonds is 7. The zero-order valence-corrected chi connectivity index (χ0v) is 16.1. The van der Waals surface area contributed by atoms with Crippen molar-refractivity contribution in [2.45, 2.75) is 42.1 Å². The van der Waals surface area contributed by atoms with E-state index in [1.165, 1.54) is 0 Å². The second-order valence-corrected chi connectivity index (χ2v) is 9.88. The van der Waals surface area contributed by atoms with E-state index in [2.05, 4.69) is 14.4 Å². The first-order valence-corrected chi connectivity index (χ1v) is 10.8. The highest BCUT2D eigenvalue weighted by Gasteiger charge is 2.52. The summed E-state index contributed by atoms with van der Waals surface area (Å²) in [6.07, 6.45) is 6.29. The van der Waals surface area contributed by atoms with Gasteiger partial charge in [0.25, 0.3) is 10.0 Å². The molecule has 0 spiro atoms. The summed E-state index contributed by atoms with van der Waals surface area (Å²) in [6, 6.07) is 0. The van der Waals surface area contributed by atoms with Crippen LogP contribution in [0.15, 0.2) is 12.2 Å². The largest absolute Gasteiger partial charge is 0.492 e. The molecule has 2 aliphatic carbocycles. The van der Waals surface area contributed by atoms with E-state index in [0.717, 1.165) is 12.8 Å². The smallest absolute Gasteiger partial charge is 0.433 e. The first kappa shape index (κ1) is 19.8. The zero-order chi connectivity index (χ0) is 20.1. The fourth-order valence-electron chi connectivity index (χ4n) is 3.88. The minimum absolute atomic E-state index is 0.0167. The third-order valence-corrected chi connectivity index (χ3v) is 8.00. The lowest BCUT2D eigenvalue weighted by atomic mass is 10.0. The van der Waals surface area contributed by atoms with Crippen LogP contribution in [0.5, 0.6) is 11.8 Å². The summed E-state index contributed by atoms with van der Waals surface area (Å²) in [5, 5.41) is 24.5. The minimum Gasteiger partial charge on any atom is -0.492 e. The van der Waals surface area contributed by atoms with Gasteiger partial charge < -0.3 is 10.2 Å². The van der Waals surface area contributed by atoms with E-state index in [-0.39, 0.29) is 24.9 Å². The van der Waals surface area contributed by atoms with Crippen LogP contribution in [0.3, 0.4) is 0 Å². The summed E-state index contributed by atoms with van der Waals surface area (Å²) in [6.45, 7) is 0.0335. The Morgan fingerprint density at radius 2 is 1.64 bits per heavy atom. The van der Waals surface area contributed by atoms with Crippen LogP contribution in [0.2, 0.25) is 0 Å². The summed E-state index contributed by atoms with van der Waals surface area (Å²) in [5.41, 5.74) is 0.943. The molecular formula is C15H18F2N2O7S2. The SMILES string of the molecule is O=S(=O)(N1CCCCC1)C(F)(F)SOOOn1c(O)c2c(c1O)C1C=CC2C1. The molecule has 1 aromatic rings.